The monoisotopic (exact) mass is 476 g/mol. The van der Waals surface area contributed by atoms with E-state index in [-0.39, 0.29) is 17.6 Å². The first kappa shape index (κ1) is 23.0. The molecule has 1 amide bonds. The predicted molar refractivity (Wildman–Crippen MR) is 130 cm³/mol. The Morgan fingerprint density at radius 1 is 1.03 bits per heavy atom. The van der Waals surface area contributed by atoms with E-state index in [2.05, 4.69) is 19.9 Å². The van der Waals surface area contributed by atoms with Crippen LogP contribution >= 0.6 is 0 Å². The quantitative estimate of drug-likeness (QED) is 0.391. The zero-order chi connectivity index (χ0) is 24.4. The van der Waals surface area contributed by atoms with Crippen LogP contribution in [0.25, 0.3) is 11.4 Å². The first-order chi connectivity index (χ1) is 17.0. The number of nitrogens with zero attached hydrogens (tertiary/aromatic N) is 6. The van der Waals surface area contributed by atoms with Crippen LogP contribution in [-0.2, 0) is 0 Å². The van der Waals surface area contributed by atoms with Gasteiger partial charge in [-0.1, -0.05) is 35.5 Å². The van der Waals surface area contributed by atoms with Gasteiger partial charge in [0.25, 0.3) is 11.6 Å². The van der Waals surface area contributed by atoms with Crippen molar-refractivity contribution < 1.29 is 14.2 Å². The van der Waals surface area contributed by atoms with Crippen molar-refractivity contribution in [1.82, 2.24) is 19.9 Å². The van der Waals surface area contributed by atoms with Gasteiger partial charge in [-0.25, -0.2) is 0 Å². The molecule has 1 unspecified atom stereocenters. The molecule has 10 nitrogen and oxygen atoms in total. The van der Waals surface area contributed by atoms with Crippen LogP contribution in [0.3, 0.4) is 0 Å². The van der Waals surface area contributed by atoms with Crippen LogP contribution in [0, 0.1) is 10.1 Å². The van der Waals surface area contributed by atoms with Crippen LogP contribution in [-0.4, -0.2) is 70.0 Å². The Balaban J connectivity index is 1.27. The van der Waals surface area contributed by atoms with Gasteiger partial charge < -0.3 is 14.3 Å². The number of non-ortho nitro benzene ring substituents is 1. The van der Waals surface area contributed by atoms with Gasteiger partial charge >= 0.3 is 0 Å². The predicted octanol–water partition coefficient (Wildman–Crippen LogP) is 3.76. The molecule has 35 heavy (non-hydrogen) atoms. The Labute approximate surface area is 203 Å². The van der Waals surface area contributed by atoms with Crippen molar-refractivity contribution in [2.24, 2.45) is 0 Å². The normalized spacial score (nSPS) is 17.5. The number of rotatable bonds is 6. The highest BCUT2D eigenvalue weighted by Gasteiger charge is 2.31. The van der Waals surface area contributed by atoms with E-state index in [0.717, 1.165) is 37.2 Å². The number of hydrogen-bond donors (Lipinski definition) is 0. The molecule has 1 atom stereocenters. The molecule has 2 aliphatic rings. The van der Waals surface area contributed by atoms with E-state index in [0.29, 0.717) is 43.5 Å². The molecule has 0 aliphatic carbocycles. The Hall–Kier alpha value is -3.79. The van der Waals surface area contributed by atoms with Gasteiger partial charge in [0.2, 0.25) is 11.7 Å². The van der Waals surface area contributed by atoms with Crippen molar-refractivity contribution in [2.45, 2.75) is 25.8 Å². The lowest BCUT2D eigenvalue weighted by Crippen LogP contribution is -2.49. The highest BCUT2D eigenvalue weighted by molar-refractivity contribution is 6.00. The largest absolute Gasteiger partial charge is 0.371 e. The molecule has 2 aromatic carbocycles. The molecule has 2 saturated heterocycles. The van der Waals surface area contributed by atoms with E-state index in [9.17, 15) is 14.9 Å². The summed E-state index contributed by atoms with van der Waals surface area (Å²) in [5, 5.41) is 15.5. The van der Waals surface area contributed by atoms with Crippen LogP contribution in [0.1, 0.15) is 42.1 Å². The van der Waals surface area contributed by atoms with Crippen molar-refractivity contribution in [1.29, 1.82) is 0 Å². The van der Waals surface area contributed by atoms with E-state index < -0.39 is 4.92 Å². The summed E-state index contributed by atoms with van der Waals surface area (Å²) < 4.78 is 5.53. The lowest BCUT2D eigenvalue weighted by Gasteiger charge is -2.37. The van der Waals surface area contributed by atoms with Crippen molar-refractivity contribution in [2.75, 3.05) is 44.2 Å². The average molecular weight is 477 g/mol. The Morgan fingerprint density at radius 2 is 1.74 bits per heavy atom. The number of amides is 1. The summed E-state index contributed by atoms with van der Waals surface area (Å²) in [5.74, 6) is 0.937. The van der Waals surface area contributed by atoms with E-state index in [4.69, 9.17) is 4.52 Å². The first-order valence-electron chi connectivity index (χ1n) is 12.0. The van der Waals surface area contributed by atoms with E-state index in [1.165, 1.54) is 12.1 Å². The van der Waals surface area contributed by atoms with Crippen LogP contribution in [0.15, 0.2) is 53.1 Å². The molecule has 0 N–H and O–H groups in total. The summed E-state index contributed by atoms with van der Waals surface area (Å²) in [6, 6.07) is 14.2. The van der Waals surface area contributed by atoms with Gasteiger partial charge in [-0.2, -0.15) is 4.98 Å². The van der Waals surface area contributed by atoms with Gasteiger partial charge in [0.1, 0.15) is 0 Å². The Kier molecular flexibility index (Phi) is 6.45. The Morgan fingerprint density at radius 3 is 2.43 bits per heavy atom. The molecule has 0 saturated carbocycles. The van der Waals surface area contributed by atoms with Gasteiger partial charge in [0.15, 0.2) is 0 Å². The standard InChI is InChI=1S/C25H28N6O4/c1-18(24-26-23(27-35-24)19-7-3-2-4-8-19)28-13-15-30(16-14-28)25(32)21-17-20(31(33)34)9-10-22(21)29-11-5-6-12-29/h2-4,7-10,17-18H,5-6,11-16H2,1H3. The fourth-order valence-electron chi connectivity index (χ4n) is 4.79. The summed E-state index contributed by atoms with van der Waals surface area (Å²) >= 11 is 0. The molecule has 2 aliphatic heterocycles. The lowest BCUT2D eigenvalue weighted by atomic mass is 10.1. The number of benzene rings is 2. The number of aromatic nitrogens is 2. The second-order valence-electron chi connectivity index (χ2n) is 8.98. The number of piperazine rings is 1. The third-order valence-corrected chi connectivity index (χ3v) is 6.85. The second kappa shape index (κ2) is 9.83. The van der Waals surface area contributed by atoms with E-state index >= 15 is 0 Å². The number of nitro groups is 1. The zero-order valence-corrected chi connectivity index (χ0v) is 19.7. The SMILES string of the molecule is CC(c1nc(-c2ccccc2)no1)N1CCN(C(=O)c2cc([N+](=O)[O-])ccc2N2CCCC2)CC1. The van der Waals surface area contributed by atoms with Crippen molar-refractivity contribution in [3.63, 3.8) is 0 Å². The van der Waals surface area contributed by atoms with Gasteiger partial charge in [0, 0.05) is 57.0 Å². The molecule has 1 aromatic heterocycles. The minimum Gasteiger partial charge on any atom is -0.371 e. The van der Waals surface area contributed by atoms with E-state index in [1.54, 1.807) is 11.0 Å². The molecule has 0 spiro atoms. The Bertz CT molecular complexity index is 1200. The maximum atomic E-state index is 13.5. The molecule has 3 heterocycles. The number of nitro benzene ring substituents is 1. The fourth-order valence-corrected chi connectivity index (χ4v) is 4.79. The van der Waals surface area contributed by atoms with Gasteiger partial charge in [-0.15, -0.1) is 0 Å². The van der Waals surface area contributed by atoms with Crippen molar-refractivity contribution in [3.05, 3.63) is 70.1 Å². The minimum absolute atomic E-state index is 0.0610. The molecule has 182 valence electrons. The number of anilines is 1. The third-order valence-electron chi connectivity index (χ3n) is 6.85. The third kappa shape index (κ3) is 4.74. The molecular formula is C25H28N6O4. The maximum absolute atomic E-state index is 13.5. The number of carbonyl (C=O) groups is 1. The first-order valence-corrected chi connectivity index (χ1v) is 12.0. The molecule has 0 bridgehead atoms. The zero-order valence-electron chi connectivity index (χ0n) is 19.7. The van der Waals surface area contributed by atoms with Crippen LogP contribution in [0.2, 0.25) is 0 Å². The lowest BCUT2D eigenvalue weighted by molar-refractivity contribution is -0.384. The smallest absolute Gasteiger partial charge is 0.270 e. The topological polar surface area (TPSA) is 109 Å². The van der Waals surface area contributed by atoms with Crippen LogP contribution in [0.5, 0.6) is 0 Å². The average Bonchev–Trinajstić information content (AvgIpc) is 3.61. The summed E-state index contributed by atoms with van der Waals surface area (Å²) in [7, 11) is 0. The molecule has 2 fully saturated rings. The summed E-state index contributed by atoms with van der Waals surface area (Å²) in [6.45, 7) is 6.06. The highest BCUT2D eigenvalue weighted by atomic mass is 16.6. The molecule has 10 heteroatoms. The summed E-state index contributed by atoms with van der Waals surface area (Å²) in [6.07, 6.45) is 2.12. The van der Waals surface area contributed by atoms with Gasteiger partial charge in [-0.05, 0) is 25.8 Å². The summed E-state index contributed by atoms with van der Waals surface area (Å²) in [4.78, 5) is 35.1. The number of carbonyl (C=O) groups excluding carboxylic acids is 1. The molecular weight excluding hydrogens is 448 g/mol. The van der Waals surface area contributed by atoms with E-state index in [1.807, 2.05) is 37.3 Å². The fraction of sp³-hybridized carbons (Fsp3) is 0.400. The highest BCUT2D eigenvalue weighted by Crippen LogP contribution is 2.30. The minimum atomic E-state index is -0.446. The van der Waals surface area contributed by atoms with Crippen LogP contribution in [0.4, 0.5) is 11.4 Å². The molecule has 0 radical (unpaired) electrons. The molecule has 5 rings (SSSR count). The van der Waals surface area contributed by atoms with Crippen LogP contribution < -0.4 is 4.90 Å². The summed E-state index contributed by atoms with van der Waals surface area (Å²) in [5.41, 5.74) is 2.03. The maximum Gasteiger partial charge on any atom is 0.270 e. The van der Waals surface area contributed by atoms with Crippen molar-refractivity contribution in [3.8, 4) is 11.4 Å². The van der Waals surface area contributed by atoms with Gasteiger partial charge in [-0.3, -0.25) is 19.8 Å². The molecule has 3 aromatic rings. The van der Waals surface area contributed by atoms with Gasteiger partial charge in [0.05, 0.1) is 22.2 Å². The van der Waals surface area contributed by atoms with Crippen molar-refractivity contribution >= 4 is 17.3 Å². The second-order valence-corrected chi connectivity index (χ2v) is 8.98. The number of hydrogen-bond acceptors (Lipinski definition) is 8.